The van der Waals surface area contributed by atoms with E-state index in [-0.39, 0.29) is 17.1 Å². The highest BCUT2D eigenvalue weighted by molar-refractivity contribution is 8.00. The van der Waals surface area contributed by atoms with Crippen LogP contribution in [0.4, 0.5) is 5.13 Å². The van der Waals surface area contributed by atoms with E-state index in [1.807, 2.05) is 24.4 Å². The van der Waals surface area contributed by atoms with Crippen LogP contribution in [-0.4, -0.2) is 29.2 Å². The van der Waals surface area contributed by atoms with E-state index in [0.717, 1.165) is 10.6 Å². The SMILES string of the molecule is COC(=O)C(C)Sc1ccccc1C(=O)Nc1nc(C)cs1. The average Bonchev–Trinajstić information content (AvgIpc) is 2.91. The molecule has 0 saturated carbocycles. The summed E-state index contributed by atoms with van der Waals surface area (Å²) in [5, 5.41) is 4.82. The number of thioether (sulfide) groups is 1. The molecular formula is C15H16N2O3S2. The molecule has 116 valence electrons. The second kappa shape index (κ2) is 7.42. The number of carbonyl (C=O) groups excluding carboxylic acids is 2. The van der Waals surface area contributed by atoms with Crippen molar-refractivity contribution in [3.63, 3.8) is 0 Å². The van der Waals surface area contributed by atoms with E-state index < -0.39 is 0 Å². The number of esters is 1. The van der Waals surface area contributed by atoms with Gasteiger partial charge in [-0.05, 0) is 26.0 Å². The molecular weight excluding hydrogens is 320 g/mol. The molecule has 1 atom stereocenters. The summed E-state index contributed by atoms with van der Waals surface area (Å²) in [6.45, 7) is 3.61. The number of aromatic nitrogens is 1. The van der Waals surface area contributed by atoms with Crippen molar-refractivity contribution in [2.75, 3.05) is 12.4 Å². The average molecular weight is 336 g/mol. The Bertz CT molecular complexity index is 685. The predicted molar refractivity (Wildman–Crippen MR) is 88.6 cm³/mol. The van der Waals surface area contributed by atoms with Gasteiger partial charge in [0.2, 0.25) is 0 Å². The summed E-state index contributed by atoms with van der Waals surface area (Å²) >= 11 is 2.67. The molecule has 1 aromatic heterocycles. The lowest BCUT2D eigenvalue weighted by Crippen LogP contribution is -2.17. The third kappa shape index (κ3) is 4.08. The number of nitrogens with one attached hydrogen (secondary N) is 1. The first-order valence-corrected chi connectivity index (χ1v) is 8.34. The molecule has 0 aliphatic carbocycles. The van der Waals surface area contributed by atoms with Crippen LogP contribution in [0.3, 0.4) is 0 Å². The van der Waals surface area contributed by atoms with E-state index in [2.05, 4.69) is 10.3 Å². The Morgan fingerprint density at radius 3 is 2.73 bits per heavy atom. The number of amides is 1. The van der Waals surface area contributed by atoms with Crippen molar-refractivity contribution >= 4 is 40.1 Å². The summed E-state index contributed by atoms with van der Waals surface area (Å²) in [6, 6.07) is 7.15. The number of nitrogens with zero attached hydrogens (tertiary/aromatic N) is 1. The van der Waals surface area contributed by atoms with Crippen molar-refractivity contribution in [1.29, 1.82) is 0 Å². The molecule has 22 heavy (non-hydrogen) atoms. The molecule has 2 rings (SSSR count). The number of aryl methyl sites for hydroxylation is 1. The van der Waals surface area contributed by atoms with Gasteiger partial charge in [0.15, 0.2) is 5.13 Å². The molecule has 0 aliphatic heterocycles. The van der Waals surface area contributed by atoms with Gasteiger partial charge in [0.25, 0.3) is 5.91 Å². The molecule has 1 amide bonds. The van der Waals surface area contributed by atoms with Crippen LogP contribution >= 0.6 is 23.1 Å². The van der Waals surface area contributed by atoms with E-state index in [1.165, 1.54) is 30.2 Å². The number of rotatable bonds is 5. The van der Waals surface area contributed by atoms with E-state index >= 15 is 0 Å². The fraction of sp³-hybridized carbons (Fsp3) is 0.267. The minimum Gasteiger partial charge on any atom is -0.468 e. The topological polar surface area (TPSA) is 68.3 Å². The molecule has 1 heterocycles. The van der Waals surface area contributed by atoms with Crippen molar-refractivity contribution in [3.05, 3.63) is 40.9 Å². The van der Waals surface area contributed by atoms with Crippen LogP contribution in [0.1, 0.15) is 23.0 Å². The molecule has 0 spiro atoms. The Kier molecular flexibility index (Phi) is 5.57. The zero-order chi connectivity index (χ0) is 16.1. The number of methoxy groups -OCH3 is 1. The summed E-state index contributed by atoms with van der Waals surface area (Å²) in [4.78, 5) is 28.9. The molecule has 0 radical (unpaired) electrons. The van der Waals surface area contributed by atoms with Crippen LogP contribution in [0.25, 0.3) is 0 Å². The van der Waals surface area contributed by atoms with Gasteiger partial charge in [-0.25, -0.2) is 4.98 Å². The number of benzene rings is 1. The molecule has 0 fully saturated rings. The molecule has 1 N–H and O–H groups in total. The number of carbonyl (C=O) groups is 2. The van der Waals surface area contributed by atoms with Crippen LogP contribution in [0.15, 0.2) is 34.5 Å². The second-order valence-electron chi connectivity index (χ2n) is 4.53. The van der Waals surface area contributed by atoms with Crippen LogP contribution in [0.2, 0.25) is 0 Å². The highest BCUT2D eigenvalue weighted by Gasteiger charge is 2.19. The Balaban J connectivity index is 2.16. The lowest BCUT2D eigenvalue weighted by atomic mass is 10.2. The van der Waals surface area contributed by atoms with Crippen molar-refractivity contribution in [3.8, 4) is 0 Å². The van der Waals surface area contributed by atoms with Gasteiger partial charge in [-0.2, -0.15) is 0 Å². The van der Waals surface area contributed by atoms with Crippen LogP contribution in [-0.2, 0) is 9.53 Å². The maximum absolute atomic E-state index is 12.4. The Labute approximate surface area is 137 Å². The van der Waals surface area contributed by atoms with E-state index in [1.54, 1.807) is 19.1 Å². The van der Waals surface area contributed by atoms with Crippen molar-refractivity contribution in [2.24, 2.45) is 0 Å². The summed E-state index contributed by atoms with van der Waals surface area (Å²) in [5.74, 6) is -0.565. The first-order valence-electron chi connectivity index (χ1n) is 6.58. The summed E-state index contributed by atoms with van der Waals surface area (Å²) in [7, 11) is 1.35. The molecule has 5 nitrogen and oxygen atoms in total. The first-order chi connectivity index (χ1) is 10.5. The molecule has 7 heteroatoms. The minimum absolute atomic E-state index is 0.241. The number of ether oxygens (including phenoxy) is 1. The van der Waals surface area contributed by atoms with E-state index in [4.69, 9.17) is 4.74 Å². The van der Waals surface area contributed by atoms with E-state index in [9.17, 15) is 9.59 Å². The van der Waals surface area contributed by atoms with Crippen molar-refractivity contribution < 1.29 is 14.3 Å². The second-order valence-corrected chi connectivity index (χ2v) is 6.77. The van der Waals surface area contributed by atoms with Gasteiger partial charge in [-0.3, -0.25) is 14.9 Å². The number of hydrogen-bond donors (Lipinski definition) is 1. The van der Waals surface area contributed by atoms with Gasteiger partial charge in [-0.15, -0.1) is 23.1 Å². The Hall–Kier alpha value is -1.86. The molecule has 1 aromatic carbocycles. The first kappa shape index (κ1) is 16.5. The highest BCUT2D eigenvalue weighted by Crippen LogP contribution is 2.28. The maximum Gasteiger partial charge on any atom is 0.318 e. The zero-order valence-electron chi connectivity index (χ0n) is 12.5. The summed E-state index contributed by atoms with van der Waals surface area (Å²) in [6.07, 6.45) is 0. The molecule has 0 bridgehead atoms. The lowest BCUT2D eigenvalue weighted by molar-refractivity contribution is -0.139. The monoisotopic (exact) mass is 336 g/mol. The predicted octanol–water partition coefficient (Wildman–Crippen LogP) is 3.36. The molecule has 0 saturated heterocycles. The Morgan fingerprint density at radius 2 is 2.09 bits per heavy atom. The van der Waals surface area contributed by atoms with Gasteiger partial charge in [0.1, 0.15) is 5.25 Å². The normalized spacial score (nSPS) is 11.8. The molecule has 2 aromatic rings. The third-order valence-corrected chi connectivity index (χ3v) is 4.84. The highest BCUT2D eigenvalue weighted by atomic mass is 32.2. The molecule has 0 aliphatic rings. The smallest absolute Gasteiger partial charge is 0.318 e. The van der Waals surface area contributed by atoms with Crippen molar-refractivity contribution in [2.45, 2.75) is 24.0 Å². The maximum atomic E-state index is 12.4. The van der Waals surface area contributed by atoms with Gasteiger partial charge < -0.3 is 4.74 Å². The third-order valence-electron chi connectivity index (χ3n) is 2.81. The number of anilines is 1. The van der Waals surface area contributed by atoms with Gasteiger partial charge >= 0.3 is 5.97 Å². The largest absolute Gasteiger partial charge is 0.468 e. The molecule has 1 unspecified atom stereocenters. The fourth-order valence-electron chi connectivity index (χ4n) is 1.74. The van der Waals surface area contributed by atoms with Gasteiger partial charge in [-0.1, -0.05) is 12.1 Å². The van der Waals surface area contributed by atoms with Crippen molar-refractivity contribution in [1.82, 2.24) is 4.98 Å². The van der Waals surface area contributed by atoms with Gasteiger partial charge in [0.05, 0.1) is 18.4 Å². The summed E-state index contributed by atoms with van der Waals surface area (Å²) in [5.41, 5.74) is 1.37. The van der Waals surface area contributed by atoms with Crippen LogP contribution < -0.4 is 5.32 Å². The van der Waals surface area contributed by atoms with Crippen LogP contribution in [0.5, 0.6) is 0 Å². The van der Waals surface area contributed by atoms with Gasteiger partial charge in [0, 0.05) is 10.3 Å². The zero-order valence-corrected chi connectivity index (χ0v) is 14.1. The Morgan fingerprint density at radius 1 is 1.36 bits per heavy atom. The minimum atomic E-state index is -0.388. The number of hydrogen-bond acceptors (Lipinski definition) is 6. The van der Waals surface area contributed by atoms with E-state index in [0.29, 0.717) is 10.7 Å². The lowest BCUT2D eigenvalue weighted by Gasteiger charge is -2.12. The fourth-order valence-corrected chi connectivity index (χ4v) is 3.44. The summed E-state index contributed by atoms with van der Waals surface area (Å²) < 4.78 is 4.71. The quantitative estimate of drug-likeness (QED) is 0.670. The standard InChI is InChI=1S/C15H16N2O3S2/c1-9-8-21-15(16-9)17-13(18)11-6-4-5-7-12(11)22-10(2)14(19)20-3/h4-8,10H,1-3H3,(H,16,17,18). The van der Waals surface area contributed by atoms with Crippen LogP contribution in [0, 0.1) is 6.92 Å². The number of thiazole rings is 1.